The van der Waals surface area contributed by atoms with Crippen molar-refractivity contribution in [1.29, 1.82) is 0 Å². The van der Waals surface area contributed by atoms with E-state index in [2.05, 4.69) is 9.88 Å². The summed E-state index contributed by atoms with van der Waals surface area (Å²) in [7, 11) is 0. The zero-order valence-corrected chi connectivity index (χ0v) is 19.0. The Bertz CT molecular complexity index is 1020. The molecule has 5 N–H and O–H groups in total. The molecule has 1 amide bonds. The van der Waals surface area contributed by atoms with Crippen molar-refractivity contribution in [1.82, 2.24) is 9.97 Å². The minimum Gasteiger partial charge on any atom is -0.390 e. The fourth-order valence-corrected chi connectivity index (χ4v) is 5.43. The van der Waals surface area contributed by atoms with Crippen LogP contribution in [0.3, 0.4) is 0 Å². The SMILES string of the molecule is Cc1nc(N2CCC3(CCC[C@H]3N)CC2)c(CO)nc1-c1cc(C(N)=O)cc(Cl)c1Cl. The molecule has 2 aromatic rings. The highest BCUT2D eigenvalue weighted by molar-refractivity contribution is 6.44. The van der Waals surface area contributed by atoms with Crippen molar-refractivity contribution in [2.75, 3.05) is 18.0 Å². The highest BCUT2D eigenvalue weighted by Crippen LogP contribution is 2.46. The number of benzene rings is 1. The maximum Gasteiger partial charge on any atom is 0.248 e. The van der Waals surface area contributed by atoms with Crippen LogP contribution < -0.4 is 16.4 Å². The molecule has 2 heterocycles. The molecular weight excluding hydrogens is 437 g/mol. The first-order chi connectivity index (χ1) is 14.8. The summed E-state index contributed by atoms with van der Waals surface area (Å²) in [6.45, 7) is 3.22. The van der Waals surface area contributed by atoms with Crippen molar-refractivity contribution in [2.24, 2.45) is 16.9 Å². The molecule has 31 heavy (non-hydrogen) atoms. The molecule has 1 spiro atoms. The lowest BCUT2D eigenvalue weighted by molar-refractivity contribution is 0.100. The number of aliphatic hydroxyl groups is 1. The molecular formula is C22H27Cl2N5O2. The van der Waals surface area contributed by atoms with Crippen molar-refractivity contribution in [3.63, 3.8) is 0 Å². The summed E-state index contributed by atoms with van der Waals surface area (Å²) in [5.74, 6) is 0.0650. The Labute approximate surface area is 191 Å². The maximum atomic E-state index is 11.7. The van der Waals surface area contributed by atoms with Gasteiger partial charge in [-0.1, -0.05) is 29.6 Å². The Morgan fingerprint density at radius 3 is 2.55 bits per heavy atom. The lowest BCUT2D eigenvalue weighted by Crippen LogP contribution is -2.47. The van der Waals surface area contributed by atoms with Gasteiger partial charge in [0.2, 0.25) is 5.91 Å². The Hall–Kier alpha value is -1.93. The predicted molar refractivity (Wildman–Crippen MR) is 122 cm³/mol. The largest absolute Gasteiger partial charge is 0.390 e. The average molecular weight is 464 g/mol. The van der Waals surface area contributed by atoms with Gasteiger partial charge in [0.25, 0.3) is 0 Å². The van der Waals surface area contributed by atoms with Crippen molar-refractivity contribution in [2.45, 2.75) is 51.7 Å². The number of primary amides is 1. The fraction of sp³-hybridized carbons (Fsp3) is 0.500. The first-order valence-electron chi connectivity index (χ1n) is 10.5. The number of anilines is 1. The van der Waals surface area contributed by atoms with E-state index < -0.39 is 5.91 Å². The highest BCUT2D eigenvalue weighted by atomic mass is 35.5. The van der Waals surface area contributed by atoms with Gasteiger partial charge in [0.1, 0.15) is 5.69 Å². The van der Waals surface area contributed by atoms with Crippen molar-refractivity contribution in [3.05, 3.63) is 39.1 Å². The molecule has 1 aliphatic heterocycles. The van der Waals surface area contributed by atoms with E-state index in [0.717, 1.165) is 32.4 Å². The number of piperidine rings is 1. The molecule has 1 saturated carbocycles. The van der Waals surface area contributed by atoms with Gasteiger partial charge < -0.3 is 21.5 Å². The number of carbonyl (C=O) groups is 1. The van der Waals surface area contributed by atoms with E-state index in [-0.39, 0.29) is 33.7 Å². The molecule has 0 bridgehead atoms. The lowest BCUT2D eigenvalue weighted by Gasteiger charge is -2.42. The number of aromatic nitrogens is 2. The highest BCUT2D eigenvalue weighted by Gasteiger charge is 2.43. The quantitative estimate of drug-likeness (QED) is 0.638. The number of hydrogen-bond acceptors (Lipinski definition) is 6. The number of halogens is 2. The van der Waals surface area contributed by atoms with E-state index >= 15 is 0 Å². The molecule has 1 aromatic carbocycles. The van der Waals surface area contributed by atoms with Gasteiger partial charge in [0.05, 0.1) is 28.0 Å². The summed E-state index contributed by atoms with van der Waals surface area (Å²) >= 11 is 12.6. The monoisotopic (exact) mass is 463 g/mol. The standard InChI is InChI=1S/C22H27Cl2N5O2/c1-12-19(14-9-13(20(26)31)10-15(23)18(14)24)28-16(11-30)21(27-12)29-7-5-22(6-8-29)4-2-3-17(22)25/h9-10,17,30H,2-8,11,25H2,1H3,(H2,26,31)/t17-/m1/s1. The third kappa shape index (κ3) is 4.00. The van der Waals surface area contributed by atoms with Crippen LogP contribution in [0.2, 0.25) is 10.0 Å². The minimum atomic E-state index is -0.614. The molecule has 1 aliphatic carbocycles. The zero-order chi connectivity index (χ0) is 22.3. The van der Waals surface area contributed by atoms with E-state index in [4.69, 9.17) is 39.7 Å². The van der Waals surface area contributed by atoms with Crippen LogP contribution in [-0.2, 0) is 6.61 Å². The van der Waals surface area contributed by atoms with Crippen LogP contribution in [0.5, 0.6) is 0 Å². The smallest absolute Gasteiger partial charge is 0.248 e. The Morgan fingerprint density at radius 2 is 1.97 bits per heavy atom. The number of rotatable bonds is 4. The molecule has 0 radical (unpaired) electrons. The maximum absolute atomic E-state index is 11.7. The normalized spacial score (nSPS) is 20.4. The third-order valence-corrected chi connectivity index (χ3v) is 7.68. The molecule has 1 atom stereocenters. The van der Waals surface area contributed by atoms with Gasteiger partial charge in [-0.05, 0) is 50.2 Å². The summed E-state index contributed by atoms with van der Waals surface area (Å²) in [4.78, 5) is 23.3. The van der Waals surface area contributed by atoms with E-state index in [1.165, 1.54) is 18.9 Å². The Kier molecular flexibility index (Phi) is 6.14. The fourth-order valence-electron chi connectivity index (χ4n) is 5.01. The van der Waals surface area contributed by atoms with Crippen LogP contribution in [0.4, 0.5) is 5.82 Å². The Morgan fingerprint density at radius 1 is 1.26 bits per heavy atom. The topological polar surface area (TPSA) is 118 Å². The predicted octanol–water partition coefficient (Wildman–Crippen LogP) is 3.45. The summed E-state index contributed by atoms with van der Waals surface area (Å²) in [6.07, 6.45) is 5.52. The molecule has 2 aliphatic rings. The first kappa shape index (κ1) is 22.3. The third-order valence-electron chi connectivity index (χ3n) is 6.87. The van der Waals surface area contributed by atoms with Crippen molar-refractivity contribution in [3.8, 4) is 11.3 Å². The van der Waals surface area contributed by atoms with E-state index in [1.807, 2.05) is 6.92 Å². The number of nitrogens with zero attached hydrogens (tertiary/aromatic N) is 3. The molecule has 7 nitrogen and oxygen atoms in total. The molecule has 166 valence electrons. The van der Waals surface area contributed by atoms with Gasteiger partial charge in [-0.25, -0.2) is 9.97 Å². The molecule has 2 fully saturated rings. The van der Waals surface area contributed by atoms with Crippen LogP contribution in [0.15, 0.2) is 12.1 Å². The molecule has 1 saturated heterocycles. The van der Waals surface area contributed by atoms with Gasteiger partial charge in [-0.2, -0.15) is 0 Å². The van der Waals surface area contributed by atoms with E-state index in [9.17, 15) is 9.90 Å². The van der Waals surface area contributed by atoms with Gasteiger partial charge in [0.15, 0.2) is 5.82 Å². The summed E-state index contributed by atoms with van der Waals surface area (Å²) < 4.78 is 0. The number of amides is 1. The number of nitrogens with two attached hydrogens (primary N) is 2. The second kappa shape index (κ2) is 8.54. The van der Waals surface area contributed by atoms with Crippen LogP contribution >= 0.6 is 23.2 Å². The van der Waals surface area contributed by atoms with Crippen LogP contribution in [0.1, 0.15) is 53.8 Å². The summed E-state index contributed by atoms with van der Waals surface area (Å²) in [6, 6.07) is 3.25. The zero-order valence-electron chi connectivity index (χ0n) is 17.5. The minimum absolute atomic E-state index is 0.207. The molecule has 1 aromatic heterocycles. The van der Waals surface area contributed by atoms with E-state index in [1.54, 1.807) is 6.07 Å². The van der Waals surface area contributed by atoms with Crippen LogP contribution in [0, 0.1) is 12.3 Å². The van der Waals surface area contributed by atoms with Gasteiger partial charge in [-0.3, -0.25) is 4.79 Å². The van der Waals surface area contributed by atoms with Crippen LogP contribution in [-0.4, -0.2) is 40.1 Å². The average Bonchev–Trinajstić information content (AvgIpc) is 3.10. The van der Waals surface area contributed by atoms with Crippen molar-refractivity contribution >= 4 is 34.9 Å². The summed E-state index contributed by atoms with van der Waals surface area (Å²) in [5, 5.41) is 10.5. The second-order valence-corrected chi connectivity index (χ2v) is 9.40. The molecule has 4 rings (SSSR count). The van der Waals surface area contributed by atoms with Crippen LogP contribution in [0.25, 0.3) is 11.3 Å². The second-order valence-electron chi connectivity index (χ2n) is 8.62. The van der Waals surface area contributed by atoms with E-state index in [0.29, 0.717) is 28.5 Å². The molecule has 9 heteroatoms. The van der Waals surface area contributed by atoms with Gasteiger partial charge >= 0.3 is 0 Å². The number of hydrogen-bond donors (Lipinski definition) is 3. The number of carbonyl (C=O) groups excluding carboxylic acids is 1. The van der Waals surface area contributed by atoms with Gasteiger partial charge in [0, 0.05) is 30.3 Å². The van der Waals surface area contributed by atoms with Crippen molar-refractivity contribution < 1.29 is 9.90 Å². The molecule has 0 unspecified atom stereocenters. The Balaban J connectivity index is 1.68. The van der Waals surface area contributed by atoms with Gasteiger partial charge in [-0.15, -0.1) is 0 Å². The number of aryl methyl sites for hydroxylation is 1. The first-order valence-corrected chi connectivity index (χ1v) is 11.3. The number of aliphatic hydroxyl groups excluding tert-OH is 1. The summed E-state index contributed by atoms with van der Waals surface area (Å²) in [5.41, 5.74) is 14.3. The lowest BCUT2D eigenvalue weighted by atomic mass is 9.74.